The zero-order valence-electron chi connectivity index (χ0n) is 17.1. The minimum absolute atomic E-state index is 0.147. The van der Waals surface area contributed by atoms with Crippen molar-refractivity contribution in [3.05, 3.63) is 71.3 Å². The second-order valence-corrected chi connectivity index (χ2v) is 7.91. The number of nitrogens with zero attached hydrogens (tertiary/aromatic N) is 5. The molecular weight excluding hydrogens is 421 g/mol. The van der Waals surface area contributed by atoms with Gasteiger partial charge in [-0.05, 0) is 30.0 Å². The lowest BCUT2D eigenvalue weighted by Crippen LogP contribution is -2.41. The first-order valence-corrected chi connectivity index (χ1v) is 10.1. The average Bonchev–Trinajstić information content (AvgIpc) is 3.48. The summed E-state index contributed by atoms with van der Waals surface area (Å²) in [5, 5.41) is 29.1. The molecule has 1 atom stereocenters. The number of rotatable bonds is 5. The minimum atomic E-state index is -4.86. The summed E-state index contributed by atoms with van der Waals surface area (Å²) in [6.45, 7) is 2.31. The van der Waals surface area contributed by atoms with Crippen LogP contribution in [0.2, 0.25) is 0 Å². The average molecular weight is 440 g/mol. The Morgan fingerprint density at radius 3 is 2.69 bits per heavy atom. The lowest BCUT2D eigenvalue weighted by molar-refractivity contribution is -0.246. The molecule has 2 N–H and O–H groups in total. The molecule has 0 saturated heterocycles. The smallest absolute Gasteiger partial charge is 0.372 e. The van der Waals surface area contributed by atoms with Crippen LogP contribution >= 0.6 is 0 Å². The van der Waals surface area contributed by atoms with E-state index in [1.807, 2.05) is 6.07 Å². The van der Waals surface area contributed by atoms with Gasteiger partial charge in [-0.15, -0.1) is 10.2 Å². The summed E-state index contributed by atoms with van der Waals surface area (Å²) < 4.78 is 44.2. The van der Waals surface area contributed by atoms with Gasteiger partial charge < -0.3 is 5.11 Å². The van der Waals surface area contributed by atoms with Gasteiger partial charge in [-0.1, -0.05) is 47.2 Å². The molecule has 7 nitrogen and oxygen atoms in total. The van der Waals surface area contributed by atoms with Gasteiger partial charge in [0.25, 0.3) is 0 Å². The Morgan fingerprint density at radius 2 is 1.94 bits per heavy atom. The van der Waals surface area contributed by atoms with E-state index in [9.17, 15) is 18.3 Å². The first-order valence-electron chi connectivity index (χ1n) is 10.1. The van der Waals surface area contributed by atoms with Crippen LogP contribution in [-0.2, 0) is 18.6 Å². The molecule has 0 amide bonds. The lowest BCUT2D eigenvalue weighted by Gasteiger charge is -2.28. The third-order valence-electron chi connectivity index (χ3n) is 5.79. The fourth-order valence-electron chi connectivity index (χ4n) is 4.37. The van der Waals surface area contributed by atoms with Crippen LogP contribution in [0.3, 0.4) is 0 Å². The summed E-state index contributed by atoms with van der Waals surface area (Å²) in [7, 11) is 0. The zero-order chi connectivity index (χ0) is 22.5. The standard InChI is InChI=1S/C22H19F3N6O/c1-13-9-16(14-11-26-31(12-14)8-4-7-19-27-29-30-28-19)20-15-5-2-3-6-17(15)21(32,18(20)10-13)22(23,24)25/h2-3,5-6,9-12,32H,4,7-8H2,1H3,(H,27,28,29,30). The number of alkyl halides is 3. The van der Waals surface area contributed by atoms with Gasteiger partial charge >= 0.3 is 6.18 Å². The van der Waals surface area contributed by atoms with Crippen molar-refractivity contribution in [1.82, 2.24) is 30.4 Å². The van der Waals surface area contributed by atoms with Crippen molar-refractivity contribution in [3.63, 3.8) is 0 Å². The highest BCUT2D eigenvalue weighted by molar-refractivity contribution is 5.92. The Balaban J connectivity index is 1.56. The van der Waals surface area contributed by atoms with E-state index in [2.05, 4.69) is 25.7 Å². The topological polar surface area (TPSA) is 92.5 Å². The van der Waals surface area contributed by atoms with E-state index in [0.717, 1.165) is 6.42 Å². The molecule has 2 heterocycles. The Kier molecular flexibility index (Phi) is 4.63. The third-order valence-corrected chi connectivity index (χ3v) is 5.79. The summed E-state index contributed by atoms with van der Waals surface area (Å²) in [5.74, 6) is 0.608. The van der Waals surface area contributed by atoms with Crippen molar-refractivity contribution in [2.75, 3.05) is 0 Å². The number of aromatic amines is 1. The first-order chi connectivity index (χ1) is 15.3. The van der Waals surface area contributed by atoms with Gasteiger partial charge in [0.15, 0.2) is 5.82 Å². The number of fused-ring (bicyclic) bond motifs is 3. The maximum atomic E-state index is 14.1. The molecule has 32 heavy (non-hydrogen) atoms. The number of aromatic nitrogens is 6. The van der Waals surface area contributed by atoms with Crippen molar-refractivity contribution in [3.8, 4) is 22.3 Å². The van der Waals surface area contributed by atoms with Crippen molar-refractivity contribution in [2.45, 2.75) is 38.1 Å². The molecule has 0 bridgehead atoms. The van der Waals surface area contributed by atoms with Crippen molar-refractivity contribution in [1.29, 1.82) is 0 Å². The van der Waals surface area contributed by atoms with Gasteiger partial charge in [0.05, 0.1) is 6.20 Å². The van der Waals surface area contributed by atoms with Crippen LogP contribution in [-0.4, -0.2) is 41.7 Å². The fraction of sp³-hybridized carbons (Fsp3) is 0.273. The van der Waals surface area contributed by atoms with E-state index < -0.39 is 11.8 Å². The van der Waals surface area contributed by atoms with Gasteiger partial charge in [-0.25, -0.2) is 0 Å². The van der Waals surface area contributed by atoms with E-state index >= 15 is 0 Å². The molecule has 10 heteroatoms. The molecule has 1 aliphatic rings. The monoisotopic (exact) mass is 440 g/mol. The molecular formula is C22H19F3N6O. The van der Waals surface area contributed by atoms with Crippen LogP contribution in [0.5, 0.6) is 0 Å². The molecule has 0 fully saturated rings. The second kappa shape index (κ2) is 7.27. The van der Waals surface area contributed by atoms with Gasteiger partial charge in [0.2, 0.25) is 5.60 Å². The number of hydrogen-bond acceptors (Lipinski definition) is 5. The fourth-order valence-corrected chi connectivity index (χ4v) is 4.37. The van der Waals surface area contributed by atoms with Crippen LogP contribution in [0.1, 0.15) is 28.9 Å². The third kappa shape index (κ3) is 3.10. The lowest BCUT2D eigenvalue weighted by atomic mass is 9.88. The predicted octanol–water partition coefficient (Wildman–Crippen LogP) is 3.78. The summed E-state index contributed by atoms with van der Waals surface area (Å²) in [5.41, 5.74) is -0.672. The van der Waals surface area contributed by atoms with Crippen LogP contribution in [0.4, 0.5) is 13.2 Å². The number of benzene rings is 2. The van der Waals surface area contributed by atoms with E-state index in [0.29, 0.717) is 46.6 Å². The Hall–Kier alpha value is -3.53. The second-order valence-electron chi connectivity index (χ2n) is 7.91. The van der Waals surface area contributed by atoms with Crippen molar-refractivity contribution in [2.24, 2.45) is 0 Å². The molecule has 1 unspecified atom stereocenters. The van der Waals surface area contributed by atoms with Crippen molar-refractivity contribution < 1.29 is 18.3 Å². The highest BCUT2D eigenvalue weighted by Crippen LogP contribution is 2.57. The molecule has 0 spiro atoms. The van der Waals surface area contributed by atoms with Crippen LogP contribution in [0.15, 0.2) is 48.8 Å². The number of tetrazole rings is 1. The number of aryl methyl sites for hydroxylation is 3. The Bertz CT molecular complexity index is 1280. The molecule has 0 radical (unpaired) electrons. The molecule has 164 valence electrons. The highest BCUT2D eigenvalue weighted by atomic mass is 19.4. The van der Waals surface area contributed by atoms with E-state index in [1.165, 1.54) is 18.2 Å². The molecule has 0 aliphatic heterocycles. The Labute approximate surface area is 180 Å². The number of hydrogen-bond donors (Lipinski definition) is 2. The van der Waals surface area contributed by atoms with E-state index in [-0.39, 0.29) is 11.1 Å². The number of H-pyrrole nitrogens is 1. The maximum Gasteiger partial charge on any atom is 0.425 e. The number of halogens is 3. The molecule has 4 aromatic rings. The summed E-state index contributed by atoms with van der Waals surface area (Å²) in [6, 6.07) is 9.39. The summed E-state index contributed by atoms with van der Waals surface area (Å²) in [6.07, 6.45) is -0.0741. The minimum Gasteiger partial charge on any atom is -0.372 e. The molecule has 5 rings (SSSR count). The van der Waals surface area contributed by atoms with Gasteiger partial charge in [0, 0.05) is 35.9 Å². The maximum absolute atomic E-state index is 14.1. The van der Waals surface area contributed by atoms with E-state index in [4.69, 9.17) is 0 Å². The van der Waals surface area contributed by atoms with Crippen LogP contribution < -0.4 is 0 Å². The van der Waals surface area contributed by atoms with E-state index in [1.54, 1.807) is 36.1 Å². The molecule has 2 aromatic carbocycles. The first kappa shape index (κ1) is 20.4. The number of nitrogens with one attached hydrogen (secondary N) is 1. The number of aliphatic hydroxyl groups is 1. The SMILES string of the molecule is Cc1cc(-c2cnn(CCCc3nn[nH]n3)c2)c2c(c1)C(O)(C(F)(F)F)c1ccccc1-2. The van der Waals surface area contributed by atoms with Gasteiger partial charge in [-0.2, -0.15) is 23.5 Å². The van der Waals surface area contributed by atoms with Gasteiger partial charge in [0.1, 0.15) is 0 Å². The van der Waals surface area contributed by atoms with Crippen molar-refractivity contribution >= 4 is 0 Å². The quantitative estimate of drug-likeness (QED) is 0.493. The molecule has 1 aliphatic carbocycles. The normalized spacial score (nSPS) is 17.4. The summed E-state index contributed by atoms with van der Waals surface area (Å²) >= 11 is 0. The predicted molar refractivity (Wildman–Crippen MR) is 109 cm³/mol. The Morgan fingerprint density at radius 1 is 1.12 bits per heavy atom. The van der Waals surface area contributed by atoms with Crippen LogP contribution in [0.25, 0.3) is 22.3 Å². The van der Waals surface area contributed by atoms with Gasteiger partial charge in [-0.3, -0.25) is 4.68 Å². The van der Waals surface area contributed by atoms with Crippen LogP contribution in [0, 0.1) is 6.92 Å². The summed E-state index contributed by atoms with van der Waals surface area (Å²) in [4.78, 5) is 0. The molecule has 0 saturated carbocycles. The molecule has 2 aromatic heterocycles. The highest BCUT2D eigenvalue weighted by Gasteiger charge is 2.61. The largest absolute Gasteiger partial charge is 0.425 e. The zero-order valence-corrected chi connectivity index (χ0v) is 17.1.